The number of aromatic nitrogens is 3. The van der Waals surface area contributed by atoms with E-state index in [1.54, 1.807) is 11.2 Å². The number of piperidine rings is 1. The van der Waals surface area contributed by atoms with Crippen LogP contribution in [0.5, 0.6) is 0 Å². The molecule has 0 saturated carbocycles. The number of rotatable bonds is 4. The molecule has 0 unspecified atom stereocenters. The molecule has 7 nitrogen and oxygen atoms in total. The average molecular weight is 444 g/mol. The van der Waals surface area contributed by atoms with Crippen LogP contribution in [0.25, 0.3) is 0 Å². The zero-order chi connectivity index (χ0) is 22.9. The van der Waals surface area contributed by atoms with E-state index in [0.29, 0.717) is 23.5 Å². The first-order chi connectivity index (χ1) is 16.0. The summed E-state index contributed by atoms with van der Waals surface area (Å²) in [6, 6.07) is 15.2. The van der Waals surface area contributed by atoms with Crippen molar-refractivity contribution >= 4 is 17.5 Å². The van der Waals surface area contributed by atoms with E-state index < -0.39 is 0 Å². The van der Waals surface area contributed by atoms with Crippen molar-refractivity contribution in [2.45, 2.75) is 45.1 Å². The zero-order valence-corrected chi connectivity index (χ0v) is 19.1. The molecule has 0 aliphatic carbocycles. The molecule has 2 aliphatic rings. The monoisotopic (exact) mass is 443 g/mol. The standard InChI is InChI=1S/C26H29N5O2/c1-18(2)31-17-27-24(28-31)22-16-30(26(33)19-9-5-3-6-10-19)23-12-11-20(15-21(22)23)25(32)29-13-7-4-8-14-29/h3,5-6,9-12,15,17-18,22H,4,7-8,13-14,16H2,1-2H3/t22-/m0/s1. The lowest BCUT2D eigenvalue weighted by atomic mass is 9.97. The number of likely N-dealkylation sites (tertiary alicyclic amines) is 1. The van der Waals surface area contributed by atoms with Crippen LogP contribution in [0.1, 0.15) is 77.2 Å². The van der Waals surface area contributed by atoms with E-state index in [0.717, 1.165) is 37.2 Å². The van der Waals surface area contributed by atoms with Gasteiger partial charge in [-0.1, -0.05) is 18.2 Å². The minimum Gasteiger partial charge on any atom is -0.339 e. The lowest BCUT2D eigenvalue weighted by Gasteiger charge is -2.27. The van der Waals surface area contributed by atoms with Gasteiger partial charge in [-0.05, 0) is 69.0 Å². The molecule has 3 aromatic rings. The minimum absolute atomic E-state index is 0.0576. The third-order valence-corrected chi connectivity index (χ3v) is 6.58. The number of amides is 2. The maximum absolute atomic E-state index is 13.4. The highest BCUT2D eigenvalue weighted by atomic mass is 16.2. The Hall–Kier alpha value is -3.48. The van der Waals surface area contributed by atoms with E-state index in [-0.39, 0.29) is 23.8 Å². The van der Waals surface area contributed by atoms with Crippen LogP contribution < -0.4 is 4.90 Å². The second-order valence-corrected chi connectivity index (χ2v) is 9.14. The molecule has 170 valence electrons. The van der Waals surface area contributed by atoms with Gasteiger partial charge in [0.15, 0.2) is 5.82 Å². The van der Waals surface area contributed by atoms with Crippen LogP contribution in [0.2, 0.25) is 0 Å². The number of hydrogen-bond acceptors (Lipinski definition) is 4. The van der Waals surface area contributed by atoms with Crippen LogP contribution in [0.3, 0.4) is 0 Å². The van der Waals surface area contributed by atoms with Gasteiger partial charge in [0.2, 0.25) is 0 Å². The Morgan fingerprint density at radius 3 is 2.39 bits per heavy atom. The molecule has 0 radical (unpaired) electrons. The van der Waals surface area contributed by atoms with Crippen molar-refractivity contribution in [1.29, 1.82) is 0 Å². The molecule has 2 aliphatic heterocycles. The van der Waals surface area contributed by atoms with Crippen molar-refractivity contribution in [3.8, 4) is 0 Å². The smallest absolute Gasteiger partial charge is 0.258 e. The van der Waals surface area contributed by atoms with Gasteiger partial charge in [-0.3, -0.25) is 14.3 Å². The summed E-state index contributed by atoms with van der Waals surface area (Å²) >= 11 is 0. The zero-order valence-electron chi connectivity index (χ0n) is 19.1. The summed E-state index contributed by atoms with van der Waals surface area (Å²) < 4.78 is 1.83. The largest absolute Gasteiger partial charge is 0.339 e. The van der Waals surface area contributed by atoms with Crippen LogP contribution in [-0.4, -0.2) is 51.1 Å². The van der Waals surface area contributed by atoms with E-state index in [1.165, 1.54) is 6.42 Å². The highest BCUT2D eigenvalue weighted by Crippen LogP contribution is 2.40. The van der Waals surface area contributed by atoms with Crippen LogP contribution in [0.15, 0.2) is 54.9 Å². The molecule has 7 heteroatoms. The predicted molar refractivity (Wildman–Crippen MR) is 127 cm³/mol. The van der Waals surface area contributed by atoms with Crippen LogP contribution in [-0.2, 0) is 0 Å². The van der Waals surface area contributed by atoms with Gasteiger partial charge in [0.25, 0.3) is 11.8 Å². The summed E-state index contributed by atoms with van der Waals surface area (Å²) in [5.74, 6) is 0.500. The first kappa shape index (κ1) is 21.4. The predicted octanol–water partition coefficient (Wildman–Crippen LogP) is 4.28. The molecule has 1 fully saturated rings. The maximum atomic E-state index is 13.4. The number of benzene rings is 2. The van der Waals surface area contributed by atoms with Crippen molar-refractivity contribution < 1.29 is 9.59 Å². The Labute approximate surface area is 194 Å². The summed E-state index contributed by atoms with van der Waals surface area (Å²) in [5.41, 5.74) is 3.06. The van der Waals surface area contributed by atoms with E-state index >= 15 is 0 Å². The minimum atomic E-state index is -0.179. The molecule has 1 saturated heterocycles. The second kappa shape index (κ2) is 8.81. The van der Waals surface area contributed by atoms with Gasteiger partial charge >= 0.3 is 0 Å². The third-order valence-electron chi connectivity index (χ3n) is 6.58. The average Bonchev–Trinajstić information content (AvgIpc) is 3.49. The Bertz CT molecular complexity index is 1160. The Morgan fingerprint density at radius 2 is 1.70 bits per heavy atom. The van der Waals surface area contributed by atoms with Crippen molar-refractivity contribution in [3.05, 3.63) is 77.4 Å². The molecule has 0 N–H and O–H groups in total. The Balaban J connectivity index is 1.53. The highest BCUT2D eigenvalue weighted by molar-refractivity contribution is 6.08. The number of nitrogens with zero attached hydrogens (tertiary/aromatic N) is 5. The molecular weight excluding hydrogens is 414 g/mol. The summed E-state index contributed by atoms with van der Waals surface area (Å²) in [6.07, 6.45) is 5.02. The summed E-state index contributed by atoms with van der Waals surface area (Å²) in [6.45, 7) is 6.17. The van der Waals surface area contributed by atoms with Gasteiger partial charge in [-0.2, -0.15) is 5.10 Å². The Kier molecular flexibility index (Phi) is 5.70. The van der Waals surface area contributed by atoms with Gasteiger partial charge in [0.05, 0.1) is 5.92 Å². The number of carbonyl (C=O) groups is 2. The molecule has 3 heterocycles. The lowest BCUT2D eigenvalue weighted by molar-refractivity contribution is 0.0724. The van der Waals surface area contributed by atoms with Gasteiger partial charge < -0.3 is 9.80 Å². The topological polar surface area (TPSA) is 71.3 Å². The fourth-order valence-corrected chi connectivity index (χ4v) is 4.72. The molecule has 2 amide bonds. The first-order valence-corrected chi connectivity index (χ1v) is 11.7. The summed E-state index contributed by atoms with van der Waals surface area (Å²) in [7, 11) is 0. The second-order valence-electron chi connectivity index (χ2n) is 9.14. The van der Waals surface area contributed by atoms with Crippen LogP contribution in [0.4, 0.5) is 5.69 Å². The van der Waals surface area contributed by atoms with Crippen LogP contribution >= 0.6 is 0 Å². The number of hydrogen-bond donors (Lipinski definition) is 0. The van der Waals surface area contributed by atoms with Crippen molar-refractivity contribution in [1.82, 2.24) is 19.7 Å². The summed E-state index contributed by atoms with van der Waals surface area (Å²) in [5, 5.41) is 4.69. The van der Waals surface area contributed by atoms with Gasteiger partial charge in [0, 0.05) is 42.5 Å². The number of carbonyl (C=O) groups excluding carboxylic acids is 2. The third kappa shape index (κ3) is 4.03. The molecule has 5 rings (SSSR count). The highest BCUT2D eigenvalue weighted by Gasteiger charge is 2.37. The normalized spacial score (nSPS) is 18.0. The fraction of sp³-hybridized carbons (Fsp3) is 0.385. The molecule has 33 heavy (non-hydrogen) atoms. The molecule has 1 aromatic heterocycles. The first-order valence-electron chi connectivity index (χ1n) is 11.7. The van der Waals surface area contributed by atoms with Crippen LogP contribution in [0, 0.1) is 0 Å². The molecule has 2 aromatic carbocycles. The van der Waals surface area contributed by atoms with E-state index in [4.69, 9.17) is 5.10 Å². The Morgan fingerprint density at radius 1 is 0.939 bits per heavy atom. The van der Waals surface area contributed by atoms with Crippen molar-refractivity contribution in [3.63, 3.8) is 0 Å². The molecule has 1 atom stereocenters. The molecular formula is C26H29N5O2. The SMILES string of the molecule is CC(C)n1cnc([C@H]2CN(C(=O)c3ccccc3)c3ccc(C(=O)N4CCCCC4)cc32)n1. The fourth-order valence-electron chi connectivity index (χ4n) is 4.72. The van der Waals surface area contributed by atoms with E-state index in [1.807, 2.05) is 58.1 Å². The molecule has 0 bridgehead atoms. The van der Waals surface area contributed by atoms with Crippen molar-refractivity contribution in [2.24, 2.45) is 0 Å². The van der Waals surface area contributed by atoms with Crippen molar-refractivity contribution in [2.75, 3.05) is 24.5 Å². The van der Waals surface area contributed by atoms with Gasteiger partial charge in [-0.25, -0.2) is 4.98 Å². The van der Waals surface area contributed by atoms with E-state index in [9.17, 15) is 9.59 Å². The maximum Gasteiger partial charge on any atom is 0.258 e. The quantitative estimate of drug-likeness (QED) is 0.604. The van der Waals surface area contributed by atoms with E-state index in [2.05, 4.69) is 18.8 Å². The lowest BCUT2D eigenvalue weighted by Crippen LogP contribution is -2.35. The molecule has 0 spiro atoms. The number of fused-ring (bicyclic) bond motifs is 1. The number of anilines is 1. The van der Waals surface area contributed by atoms with Gasteiger partial charge in [0.1, 0.15) is 6.33 Å². The summed E-state index contributed by atoms with van der Waals surface area (Å²) in [4.78, 5) is 34.9. The van der Waals surface area contributed by atoms with Gasteiger partial charge in [-0.15, -0.1) is 0 Å².